The largest absolute Gasteiger partial charge is 0.598 e. The van der Waals surface area contributed by atoms with E-state index in [-0.39, 0.29) is 30.6 Å². The predicted molar refractivity (Wildman–Crippen MR) is 207 cm³/mol. The number of imidazole rings is 1. The molecule has 0 bridgehead atoms. The first-order valence-corrected chi connectivity index (χ1v) is 23.3. The fraction of sp³-hybridized carbons (Fsp3) is 0.632. The molecule has 0 radical (unpaired) electrons. The van der Waals surface area contributed by atoms with Crippen molar-refractivity contribution in [2.45, 2.75) is 134 Å². The molecule has 0 aliphatic heterocycles. The highest BCUT2D eigenvalue weighted by molar-refractivity contribution is 7.90. The highest BCUT2D eigenvalue weighted by Crippen LogP contribution is 2.42. The smallest absolute Gasteiger partial charge is 0.414 e. The summed E-state index contributed by atoms with van der Waals surface area (Å²) < 4.78 is 135. The van der Waals surface area contributed by atoms with Crippen molar-refractivity contribution in [1.82, 2.24) is 24.9 Å². The summed E-state index contributed by atoms with van der Waals surface area (Å²) in [5.74, 6) is -0.111. The van der Waals surface area contributed by atoms with Crippen LogP contribution in [0.1, 0.15) is 79.2 Å². The van der Waals surface area contributed by atoms with Gasteiger partial charge in [0.05, 0.1) is 17.1 Å². The third kappa shape index (κ3) is 13.6. The van der Waals surface area contributed by atoms with E-state index in [1.807, 2.05) is 0 Å². The number of rotatable bonds is 19. The van der Waals surface area contributed by atoms with Gasteiger partial charge in [-0.1, -0.05) is 56.0 Å². The molecular weight excluding hydrogens is 781 g/mol. The van der Waals surface area contributed by atoms with E-state index in [9.17, 15) is 35.7 Å². The van der Waals surface area contributed by atoms with Gasteiger partial charge in [-0.05, 0) is 82.7 Å². The number of ether oxygens (including phenoxy) is 3. The van der Waals surface area contributed by atoms with E-state index < -0.39 is 79.5 Å². The van der Waals surface area contributed by atoms with Crippen LogP contribution in [0.3, 0.4) is 0 Å². The van der Waals surface area contributed by atoms with E-state index in [0.29, 0.717) is 36.1 Å². The van der Waals surface area contributed by atoms with Gasteiger partial charge in [-0.25, -0.2) is 9.78 Å². The van der Waals surface area contributed by atoms with Gasteiger partial charge in [0.25, 0.3) is 0 Å². The van der Waals surface area contributed by atoms with Gasteiger partial charge in [0.1, 0.15) is 36.0 Å². The summed E-state index contributed by atoms with van der Waals surface area (Å²) in [6, 6.07) is 8.81. The van der Waals surface area contributed by atoms with Gasteiger partial charge in [0.15, 0.2) is 6.10 Å². The topological polar surface area (TPSA) is 122 Å². The molecule has 1 saturated carbocycles. The number of hydrogen-bond acceptors (Lipinski definition) is 8. The van der Waals surface area contributed by atoms with Crippen molar-refractivity contribution >= 4 is 36.6 Å². The molecule has 10 nitrogen and oxygen atoms in total. The highest BCUT2D eigenvalue weighted by Gasteiger charge is 2.44. The Morgan fingerprint density at radius 1 is 1.05 bits per heavy atom. The standard InChI is InChI=1S/C38H55F6N5O5SSi/c1-24(54-25(2)37(39,40)41)32(48-55(51)36(3,4)5)34-46-29-20-28(16-17-30(29)49(34)23-52-18-19-56(6,7)8)33(27-14-15-27)45-21-31(38(42,43)44)47-35(50)53-22-26-12-10-9-11-13-26/h9-13,16-17,20,24-25,27,31-33,45,48H,14-15,18-19,21-23H2,1-8H3,(H,47,50)/t24-,25-,31?,32+,33-,55-/m1/s1/i21D2. The number of carbonyl (C=O) groups is 1. The molecule has 1 aliphatic carbocycles. The van der Waals surface area contributed by atoms with E-state index in [2.05, 4.69) is 29.7 Å². The van der Waals surface area contributed by atoms with Crippen LogP contribution in [0.25, 0.3) is 11.0 Å². The van der Waals surface area contributed by atoms with Gasteiger partial charge < -0.3 is 34.0 Å². The zero-order valence-electron chi connectivity index (χ0n) is 34.9. The van der Waals surface area contributed by atoms with Gasteiger partial charge in [-0.15, -0.1) is 4.72 Å². The number of alkyl halides is 6. The Morgan fingerprint density at radius 2 is 1.71 bits per heavy atom. The van der Waals surface area contributed by atoms with Crippen molar-refractivity contribution in [2.24, 2.45) is 5.92 Å². The quantitative estimate of drug-likeness (QED) is 0.0475. The second kappa shape index (κ2) is 18.8. The van der Waals surface area contributed by atoms with Gasteiger partial charge in [0, 0.05) is 41.3 Å². The number of halogens is 6. The van der Waals surface area contributed by atoms with E-state index in [1.54, 1.807) is 79.2 Å². The summed E-state index contributed by atoms with van der Waals surface area (Å²) in [6.07, 6.45) is -13.6. The first-order chi connectivity index (χ1) is 26.7. The number of fused-ring (bicyclic) bond motifs is 1. The van der Waals surface area contributed by atoms with Crippen molar-refractivity contribution < 1.29 is 52.6 Å². The molecule has 56 heavy (non-hydrogen) atoms. The average Bonchev–Trinajstić information content (AvgIpc) is 3.88. The lowest BCUT2D eigenvalue weighted by Gasteiger charge is -2.32. The molecule has 6 atom stereocenters. The zero-order valence-corrected chi connectivity index (χ0v) is 34.8. The Morgan fingerprint density at radius 3 is 2.29 bits per heavy atom. The molecule has 1 fully saturated rings. The van der Waals surface area contributed by atoms with Gasteiger partial charge in [0.2, 0.25) is 0 Å². The number of amides is 1. The SMILES string of the molecule is [2H]C([2H])(N[C@@H](c1ccc2c(c1)nc([C@@H](N[S@+]([O-])C(C)(C)C)[C@@H](C)O[C@H](C)C(F)(F)F)n2COCC[Si](C)(C)C)C1CC1)C(NC(=O)OCc1ccccc1)C(F)(F)F. The minimum atomic E-state index is -5.22. The first kappa shape index (κ1) is 42.7. The lowest BCUT2D eigenvalue weighted by atomic mass is 10.0. The average molecular weight is 838 g/mol. The number of alkyl carbamates (subject to hydrolysis) is 1. The number of carbonyl (C=O) groups excluding carboxylic acids is 1. The van der Waals surface area contributed by atoms with E-state index >= 15 is 0 Å². The summed E-state index contributed by atoms with van der Waals surface area (Å²) in [6.45, 7) is 10.7. The molecule has 1 aromatic heterocycles. The summed E-state index contributed by atoms with van der Waals surface area (Å²) in [5, 5.41) is 4.19. The van der Waals surface area contributed by atoms with Gasteiger partial charge in [-0.3, -0.25) is 0 Å². The van der Waals surface area contributed by atoms with Crippen LogP contribution < -0.4 is 15.4 Å². The maximum absolute atomic E-state index is 14.4. The summed E-state index contributed by atoms with van der Waals surface area (Å²) >= 11 is -1.80. The van der Waals surface area contributed by atoms with Crippen LogP contribution in [0.2, 0.25) is 25.7 Å². The lowest BCUT2D eigenvalue weighted by molar-refractivity contribution is -0.227. The van der Waals surface area contributed by atoms with Crippen LogP contribution in [0.4, 0.5) is 31.1 Å². The summed E-state index contributed by atoms with van der Waals surface area (Å²) in [4.78, 5) is 17.3. The van der Waals surface area contributed by atoms with Gasteiger partial charge in [-0.2, -0.15) is 26.3 Å². The van der Waals surface area contributed by atoms with Crippen LogP contribution in [0, 0.1) is 5.92 Å². The maximum atomic E-state index is 14.4. The van der Waals surface area contributed by atoms with E-state index in [4.69, 9.17) is 21.9 Å². The normalized spacial score (nSPS) is 18.4. The second-order valence-corrected chi connectivity index (χ2v) is 23.9. The molecule has 314 valence electrons. The summed E-state index contributed by atoms with van der Waals surface area (Å²) in [5.41, 5.74) is 1.66. The molecule has 0 spiro atoms. The Labute approximate surface area is 331 Å². The fourth-order valence-corrected chi connectivity index (χ4v) is 7.19. The Bertz CT molecular complexity index is 1810. The molecule has 4 rings (SSSR count). The number of nitrogens with zero attached hydrogens (tertiary/aromatic N) is 2. The van der Waals surface area contributed by atoms with E-state index in [1.165, 1.54) is 6.92 Å². The van der Waals surface area contributed by atoms with E-state index in [0.717, 1.165) is 13.0 Å². The molecule has 1 unspecified atom stereocenters. The van der Waals surface area contributed by atoms with Gasteiger partial charge >= 0.3 is 18.4 Å². The lowest BCUT2D eigenvalue weighted by Crippen LogP contribution is -2.51. The van der Waals surface area contributed by atoms with Crippen molar-refractivity contribution in [1.29, 1.82) is 0 Å². The Hall–Kier alpha value is -2.87. The van der Waals surface area contributed by atoms with Crippen molar-refractivity contribution in [2.75, 3.05) is 13.1 Å². The predicted octanol–water partition coefficient (Wildman–Crippen LogP) is 8.70. The van der Waals surface area contributed by atoms with Crippen LogP contribution in [-0.2, 0) is 38.9 Å². The van der Waals surface area contributed by atoms with Crippen LogP contribution in [0.5, 0.6) is 0 Å². The zero-order chi connectivity index (χ0) is 43.4. The first-order valence-electron chi connectivity index (χ1n) is 19.5. The molecule has 1 heterocycles. The number of benzene rings is 2. The van der Waals surface area contributed by atoms with Crippen molar-refractivity contribution in [3.05, 3.63) is 65.5 Å². The minimum Gasteiger partial charge on any atom is -0.598 e. The van der Waals surface area contributed by atoms with Crippen molar-refractivity contribution in [3.63, 3.8) is 0 Å². The molecule has 3 N–H and O–H groups in total. The molecule has 1 aliphatic rings. The Kier molecular flexibility index (Phi) is 14.3. The number of aromatic nitrogens is 2. The van der Waals surface area contributed by atoms with Crippen LogP contribution in [-0.4, -0.2) is 76.7 Å². The molecule has 0 saturated heterocycles. The third-order valence-electron chi connectivity index (χ3n) is 9.07. The summed E-state index contributed by atoms with van der Waals surface area (Å²) in [7, 11) is -1.53. The maximum Gasteiger partial charge on any atom is 0.414 e. The molecule has 3 aromatic rings. The van der Waals surface area contributed by atoms with Crippen molar-refractivity contribution in [3.8, 4) is 0 Å². The Balaban J connectivity index is 1.72. The number of hydrogen-bond donors (Lipinski definition) is 3. The van der Waals surface area contributed by atoms with Crippen LogP contribution >= 0.6 is 0 Å². The molecular formula is C38H55F6N5O5SSi. The molecule has 2 aromatic carbocycles. The third-order valence-corrected chi connectivity index (χ3v) is 12.4. The fourth-order valence-electron chi connectivity index (χ4n) is 5.55. The molecule has 1 amide bonds. The highest BCUT2D eigenvalue weighted by atomic mass is 32.2. The molecule has 18 heteroatoms. The van der Waals surface area contributed by atoms with Crippen LogP contribution in [0.15, 0.2) is 48.5 Å². The minimum absolute atomic E-state index is 0.0797. The monoisotopic (exact) mass is 837 g/mol. The number of nitrogens with one attached hydrogen (secondary N) is 3. The second-order valence-electron chi connectivity index (χ2n) is 16.3.